The van der Waals surface area contributed by atoms with Gasteiger partial charge in [0.05, 0.1) is 6.61 Å². The minimum absolute atomic E-state index is 0.236. The number of carbonyl (C=O) groups excluding carboxylic acids is 1. The first-order chi connectivity index (χ1) is 6.16. The summed E-state index contributed by atoms with van der Waals surface area (Å²) in [6.45, 7) is 1.90. The van der Waals surface area contributed by atoms with Crippen molar-refractivity contribution in [2.24, 2.45) is 0 Å². The van der Waals surface area contributed by atoms with E-state index >= 15 is 0 Å². The van der Waals surface area contributed by atoms with Crippen molar-refractivity contribution in [1.82, 2.24) is 4.90 Å². The van der Waals surface area contributed by atoms with Crippen LogP contribution in [0.5, 0.6) is 0 Å². The van der Waals surface area contributed by atoms with Gasteiger partial charge in [0.15, 0.2) is 5.37 Å². The fourth-order valence-corrected chi connectivity index (χ4v) is 1.60. The monoisotopic (exact) mass is 203 g/mol. The predicted molar refractivity (Wildman–Crippen MR) is 47.0 cm³/mol. The molecule has 1 unspecified atom stereocenters. The molecule has 0 aromatic heterocycles. The summed E-state index contributed by atoms with van der Waals surface area (Å²) >= 11 is 1.06. The lowest BCUT2D eigenvalue weighted by Gasteiger charge is -2.17. The van der Waals surface area contributed by atoms with Crippen LogP contribution in [0.15, 0.2) is 11.6 Å². The van der Waals surface area contributed by atoms with E-state index in [4.69, 9.17) is 5.11 Å². The van der Waals surface area contributed by atoms with Crippen LogP contribution in [0.25, 0.3) is 0 Å². The molecule has 0 aliphatic carbocycles. The molecule has 5 nitrogen and oxygen atoms in total. The van der Waals surface area contributed by atoms with Gasteiger partial charge in [-0.3, -0.25) is 4.90 Å². The minimum Gasteiger partial charge on any atom is -0.479 e. The summed E-state index contributed by atoms with van der Waals surface area (Å²) in [6, 6.07) is 0. The van der Waals surface area contributed by atoms with Crippen molar-refractivity contribution < 1.29 is 19.4 Å². The van der Waals surface area contributed by atoms with Crippen molar-refractivity contribution in [3.63, 3.8) is 0 Å². The molecule has 6 heteroatoms. The van der Waals surface area contributed by atoms with E-state index in [1.165, 1.54) is 6.20 Å². The topological polar surface area (TPSA) is 66.8 Å². The van der Waals surface area contributed by atoms with Crippen molar-refractivity contribution >= 4 is 23.8 Å². The number of aliphatic carboxylic acids is 1. The lowest BCUT2D eigenvalue weighted by atomic mass is 10.5. The van der Waals surface area contributed by atoms with E-state index in [2.05, 4.69) is 4.74 Å². The van der Waals surface area contributed by atoms with Crippen LogP contribution in [-0.4, -0.2) is 34.0 Å². The largest absolute Gasteiger partial charge is 0.479 e. The molecule has 0 saturated heterocycles. The number of hydrogen-bond donors (Lipinski definition) is 1. The Kier molecular flexibility index (Phi) is 3.18. The average Bonchev–Trinajstić information content (AvgIpc) is 2.52. The first kappa shape index (κ1) is 9.91. The first-order valence-corrected chi connectivity index (χ1v) is 4.61. The number of nitrogens with zero attached hydrogens (tertiary/aromatic N) is 1. The molecule has 1 heterocycles. The molecule has 0 saturated carbocycles. The molecule has 0 aromatic rings. The Morgan fingerprint density at radius 1 is 1.69 bits per heavy atom. The Bertz CT molecular complexity index is 253. The SMILES string of the molecule is CCOC(=O)N1C=CSC1C(=O)O. The number of carbonyl (C=O) groups is 2. The highest BCUT2D eigenvalue weighted by Crippen LogP contribution is 2.25. The van der Waals surface area contributed by atoms with Gasteiger partial charge in [-0.15, -0.1) is 0 Å². The molecule has 0 fully saturated rings. The minimum atomic E-state index is -1.05. The van der Waals surface area contributed by atoms with E-state index in [0.29, 0.717) is 0 Å². The van der Waals surface area contributed by atoms with E-state index in [1.807, 2.05) is 0 Å². The molecule has 0 bridgehead atoms. The van der Waals surface area contributed by atoms with Crippen LogP contribution in [0, 0.1) is 0 Å². The molecule has 72 valence electrons. The maximum absolute atomic E-state index is 11.1. The number of amides is 1. The molecule has 13 heavy (non-hydrogen) atoms. The van der Waals surface area contributed by atoms with Crippen molar-refractivity contribution in [2.75, 3.05) is 6.61 Å². The standard InChI is InChI=1S/C7H9NO4S/c1-2-12-7(11)8-3-4-13-5(8)6(9)10/h3-5H,2H2,1H3,(H,9,10). The van der Waals surface area contributed by atoms with Gasteiger partial charge in [-0.05, 0) is 12.3 Å². The van der Waals surface area contributed by atoms with Crippen LogP contribution >= 0.6 is 11.8 Å². The quantitative estimate of drug-likeness (QED) is 0.727. The van der Waals surface area contributed by atoms with Gasteiger partial charge in [-0.2, -0.15) is 0 Å². The number of thioether (sulfide) groups is 1. The molecular weight excluding hydrogens is 194 g/mol. The zero-order chi connectivity index (χ0) is 9.84. The van der Waals surface area contributed by atoms with Crippen LogP contribution in [0.4, 0.5) is 4.79 Å². The summed E-state index contributed by atoms with van der Waals surface area (Å²) in [7, 11) is 0. The highest BCUT2D eigenvalue weighted by atomic mass is 32.2. The van der Waals surface area contributed by atoms with Gasteiger partial charge in [-0.1, -0.05) is 11.8 Å². The smallest absolute Gasteiger partial charge is 0.415 e. The molecule has 1 rings (SSSR count). The molecule has 1 aliphatic heterocycles. The van der Waals surface area contributed by atoms with Crippen molar-refractivity contribution in [3.8, 4) is 0 Å². The summed E-state index contributed by atoms with van der Waals surface area (Å²) < 4.78 is 4.67. The highest BCUT2D eigenvalue weighted by molar-refractivity contribution is 8.03. The normalized spacial score (nSPS) is 20.4. The Morgan fingerprint density at radius 3 is 2.92 bits per heavy atom. The van der Waals surface area contributed by atoms with Gasteiger partial charge in [0, 0.05) is 6.20 Å². The van der Waals surface area contributed by atoms with E-state index in [1.54, 1.807) is 12.3 Å². The van der Waals surface area contributed by atoms with Gasteiger partial charge in [0.2, 0.25) is 0 Å². The third kappa shape index (κ3) is 2.15. The molecular formula is C7H9NO4S. The second kappa shape index (κ2) is 4.18. The van der Waals surface area contributed by atoms with Gasteiger partial charge >= 0.3 is 12.1 Å². The number of ether oxygens (including phenoxy) is 1. The number of hydrogen-bond acceptors (Lipinski definition) is 4. The van der Waals surface area contributed by atoms with Gasteiger partial charge in [-0.25, -0.2) is 9.59 Å². The lowest BCUT2D eigenvalue weighted by Crippen LogP contribution is -2.37. The van der Waals surface area contributed by atoms with Crippen LogP contribution < -0.4 is 0 Å². The zero-order valence-electron chi connectivity index (χ0n) is 6.97. The van der Waals surface area contributed by atoms with E-state index < -0.39 is 17.4 Å². The second-order valence-corrected chi connectivity index (χ2v) is 3.21. The maximum Gasteiger partial charge on any atom is 0.415 e. The summed E-state index contributed by atoms with van der Waals surface area (Å²) in [5, 5.41) is 9.35. The zero-order valence-corrected chi connectivity index (χ0v) is 7.78. The van der Waals surface area contributed by atoms with Gasteiger partial charge < -0.3 is 9.84 Å². The van der Waals surface area contributed by atoms with E-state index in [9.17, 15) is 9.59 Å². The molecule has 0 spiro atoms. The summed E-state index contributed by atoms with van der Waals surface area (Å²) in [5.41, 5.74) is 0. The average molecular weight is 203 g/mol. The summed E-state index contributed by atoms with van der Waals surface area (Å²) in [5.74, 6) is -1.05. The highest BCUT2D eigenvalue weighted by Gasteiger charge is 2.32. The molecule has 1 amide bonds. The molecule has 1 atom stereocenters. The Labute approximate surface area is 79.3 Å². The molecule has 0 aromatic carbocycles. The third-order valence-electron chi connectivity index (χ3n) is 1.37. The number of rotatable bonds is 2. The molecule has 0 radical (unpaired) electrons. The van der Waals surface area contributed by atoms with Crippen molar-refractivity contribution in [1.29, 1.82) is 0 Å². The lowest BCUT2D eigenvalue weighted by molar-refractivity contribution is -0.138. The molecule has 1 N–H and O–H groups in total. The van der Waals surface area contributed by atoms with Crippen LogP contribution in [0.1, 0.15) is 6.92 Å². The maximum atomic E-state index is 11.1. The van der Waals surface area contributed by atoms with Crippen LogP contribution in [0.2, 0.25) is 0 Å². The molecule has 1 aliphatic rings. The van der Waals surface area contributed by atoms with Crippen LogP contribution in [-0.2, 0) is 9.53 Å². The number of carboxylic acid groups (broad SMARTS) is 1. The predicted octanol–water partition coefficient (Wildman–Crippen LogP) is 1.07. The van der Waals surface area contributed by atoms with Crippen LogP contribution in [0.3, 0.4) is 0 Å². The van der Waals surface area contributed by atoms with Crippen molar-refractivity contribution in [2.45, 2.75) is 12.3 Å². The summed E-state index contributed by atoms with van der Waals surface area (Å²) in [6.07, 6.45) is 0.776. The number of carboxylic acids is 1. The van der Waals surface area contributed by atoms with E-state index in [0.717, 1.165) is 16.7 Å². The van der Waals surface area contributed by atoms with E-state index in [-0.39, 0.29) is 6.61 Å². The Balaban J connectivity index is 2.62. The fraction of sp³-hybridized carbons (Fsp3) is 0.429. The third-order valence-corrected chi connectivity index (χ3v) is 2.34. The second-order valence-electron chi connectivity index (χ2n) is 2.22. The fourth-order valence-electron chi connectivity index (χ4n) is 0.851. The summed E-state index contributed by atoms with van der Waals surface area (Å²) in [4.78, 5) is 22.8. The Morgan fingerprint density at radius 2 is 2.38 bits per heavy atom. The van der Waals surface area contributed by atoms with Gasteiger partial charge in [0.25, 0.3) is 0 Å². The van der Waals surface area contributed by atoms with Gasteiger partial charge in [0.1, 0.15) is 0 Å². The van der Waals surface area contributed by atoms with Crippen molar-refractivity contribution in [3.05, 3.63) is 11.6 Å². The first-order valence-electron chi connectivity index (χ1n) is 3.67. The Hall–Kier alpha value is -1.17.